The highest BCUT2D eigenvalue weighted by molar-refractivity contribution is 5.76. The molecular formula is C10H21N3O. The van der Waals surface area contributed by atoms with Gasteiger partial charge in [0.15, 0.2) is 0 Å². The monoisotopic (exact) mass is 199 g/mol. The van der Waals surface area contributed by atoms with Gasteiger partial charge in [-0.25, -0.2) is 0 Å². The van der Waals surface area contributed by atoms with E-state index in [2.05, 4.69) is 24.3 Å². The zero-order valence-electron chi connectivity index (χ0n) is 9.42. The summed E-state index contributed by atoms with van der Waals surface area (Å²) in [5.41, 5.74) is 0. The van der Waals surface area contributed by atoms with Crippen LogP contribution in [0.2, 0.25) is 0 Å². The highest BCUT2D eigenvalue weighted by Crippen LogP contribution is 2.13. The van der Waals surface area contributed by atoms with Crippen molar-refractivity contribution in [2.75, 3.05) is 40.8 Å². The van der Waals surface area contributed by atoms with Gasteiger partial charge in [0, 0.05) is 32.1 Å². The molecule has 1 heterocycles. The van der Waals surface area contributed by atoms with Crippen LogP contribution in [0.4, 0.5) is 0 Å². The lowest BCUT2D eigenvalue weighted by Crippen LogP contribution is -2.35. The van der Waals surface area contributed by atoms with E-state index in [1.807, 2.05) is 11.9 Å². The van der Waals surface area contributed by atoms with Crippen LogP contribution in [0.3, 0.4) is 0 Å². The van der Waals surface area contributed by atoms with E-state index in [0.717, 1.165) is 26.1 Å². The van der Waals surface area contributed by atoms with Crippen LogP contribution >= 0.6 is 0 Å². The maximum absolute atomic E-state index is 11.6. The van der Waals surface area contributed by atoms with E-state index < -0.39 is 0 Å². The minimum Gasteiger partial charge on any atom is -0.341 e. The van der Waals surface area contributed by atoms with Gasteiger partial charge in [0.05, 0.1) is 0 Å². The maximum Gasteiger partial charge on any atom is 0.223 e. The lowest BCUT2D eigenvalue weighted by molar-refractivity contribution is -0.130. The van der Waals surface area contributed by atoms with Gasteiger partial charge in [0.25, 0.3) is 0 Å². The number of hydrogen-bond donors (Lipinski definition) is 1. The van der Waals surface area contributed by atoms with Gasteiger partial charge in [-0.05, 0) is 27.6 Å². The van der Waals surface area contributed by atoms with Crippen LogP contribution in [-0.4, -0.2) is 62.5 Å². The van der Waals surface area contributed by atoms with E-state index in [1.54, 1.807) is 0 Å². The molecule has 4 nitrogen and oxygen atoms in total. The average Bonchev–Trinajstić information content (AvgIpc) is 2.62. The summed E-state index contributed by atoms with van der Waals surface area (Å²) in [7, 11) is 6.03. The first-order chi connectivity index (χ1) is 6.65. The molecule has 0 aromatic heterocycles. The largest absolute Gasteiger partial charge is 0.341 e. The van der Waals surface area contributed by atoms with Crippen LogP contribution in [0.1, 0.15) is 12.8 Å². The number of nitrogens with zero attached hydrogens (tertiary/aromatic N) is 2. The van der Waals surface area contributed by atoms with Gasteiger partial charge in [-0.3, -0.25) is 4.79 Å². The lowest BCUT2D eigenvalue weighted by Gasteiger charge is -2.20. The number of likely N-dealkylation sites (tertiary alicyclic amines) is 1. The molecule has 1 atom stereocenters. The van der Waals surface area contributed by atoms with Crippen molar-refractivity contribution in [1.82, 2.24) is 15.1 Å². The van der Waals surface area contributed by atoms with Gasteiger partial charge in [0.2, 0.25) is 5.91 Å². The zero-order chi connectivity index (χ0) is 10.6. The first kappa shape index (κ1) is 11.5. The van der Waals surface area contributed by atoms with Crippen LogP contribution in [0.15, 0.2) is 0 Å². The smallest absolute Gasteiger partial charge is 0.223 e. The second kappa shape index (κ2) is 5.32. The highest BCUT2D eigenvalue weighted by atomic mass is 16.2. The Morgan fingerprint density at radius 3 is 2.79 bits per heavy atom. The molecule has 0 aromatic carbocycles. The topological polar surface area (TPSA) is 35.6 Å². The molecule has 1 fully saturated rings. The Bertz CT molecular complexity index is 194. The fraction of sp³-hybridized carbons (Fsp3) is 0.900. The van der Waals surface area contributed by atoms with Crippen molar-refractivity contribution >= 4 is 5.91 Å². The number of amides is 1. The Morgan fingerprint density at radius 1 is 1.57 bits per heavy atom. The Labute approximate surface area is 86.2 Å². The molecular weight excluding hydrogens is 178 g/mol. The molecule has 0 spiro atoms. The van der Waals surface area contributed by atoms with E-state index >= 15 is 0 Å². The van der Waals surface area contributed by atoms with Crippen LogP contribution in [0.5, 0.6) is 0 Å². The summed E-state index contributed by atoms with van der Waals surface area (Å²) in [6.45, 7) is 2.60. The van der Waals surface area contributed by atoms with E-state index in [-0.39, 0.29) is 5.91 Å². The van der Waals surface area contributed by atoms with E-state index in [9.17, 15) is 4.79 Å². The molecule has 0 aliphatic carbocycles. The minimum atomic E-state index is 0.281. The number of rotatable bonds is 4. The normalized spacial score (nSPS) is 22.0. The summed E-state index contributed by atoms with van der Waals surface area (Å²) in [6.07, 6.45) is 1.73. The molecule has 1 saturated heterocycles. The number of carbonyl (C=O) groups excluding carboxylic acids is 1. The second-order valence-corrected chi connectivity index (χ2v) is 4.10. The van der Waals surface area contributed by atoms with Crippen molar-refractivity contribution in [1.29, 1.82) is 0 Å². The summed E-state index contributed by atoms with van der Waals surface area (Å²) in [5.74, 6) is 0.281. The van der Waals surface area contributed by atoms with Gasteiger partial charge in [0.1, 0.15) is 0 Å². The molecule has 0 aromatic rings. The van der Waals surface area contributed by atoms with Crippen molar-refractivity contribution < 1.29 is 4.79 Å². The predicted molar refractivity (Wildman–Crippen MR) is 57.2 cm³/mol. The summed E-state index contributed by atoms with van der Waals surface area (Å²) in [4.78, 5) is 15.8. The quantitative estimate of drug-likeness (QED) is 0.678. The van der Waals surface area contributed by atoms with Crippen molar-refractivity contribution in [2.24, 2.45) is 0 Å². The van der Waals surface area contributed by atoms with Crippen molar-refractivity contribution in [2.45, 2.75) is 18.9 Å². The molecule has 14 heavy (non-hydrogen) atoms. The fourth-order valence-electron chi connectivity index (χ4n) is 1.78. The summed E-state index contributed by atoms with van der Waals surface area (Å²) >= 11 is 0. The number of likely N-dealkylation sites (N-methyl/N-ethyl adjacent to an activating group) is 1. The van der Waals surface area contributed by atoms with Gasteiger partial charge < -0.3 is 15.1 Å². The van der Waals surface area contributed by atoms with Crippen molar-refractivity contribution in [3.63, 3.8) is 0 Å². The zero-order valence-corrected chi connectivity index (χ0v) is 9.42. The van der Waals surface area contributed by atoms with Gasteiger partial charge >= 0.3 is 0 Å². The van der Waals surface area contributed by atoms with E-state index in [1.165, 1.54) is 0 Å². The third-order valence-electron chi connectivity index (χ3n) is 2.84. The van der Waals surface area contributed by atoms with Crippen LogP contribution < -0.4 is 5.32 Å². The van der Waals surface area contributed by atoms with E-state index in [0.29, 0.717) is 12.5 Å². The highest BCUT2D eigenvalue weighted by Gasteiger charge is 2.26. The molecule has 82 valence electrons. The summed E-state index contributed by atoms with van der Waals surface area (Å²) < 4.78 is 0. The molecule has 1 aliphatic rings. The Balaban J connectivity index is 2.30. The van der Waals surface area contributed by atoms with E-state index in [4.69, 9.17) is 0 Å². The van der Waals surface area contributed by atoms with Crippen LogP contribution in [0, 0.1) is 0 Å². The van der Waals surface area contributed by atoms with Crippen LogP contribution in [0.25, 0.3) is 0 Å². The fourth-order valence-corrected chi connectivity index (χ4v) is 1.78. The summed E-state index contributed by atoms with van der Waals surface area (Å²) in [5, 5.41) is 3.00. The average molecular weight is 199 g/mol. The minimum absolute atomic E-state index is 0.281. The number of hydrogen-bond acceptors (Lipinski definition) is 3. The van der Waals surface area contributed by atoms with Gasteiger partial charge in [-0.1, -0.05) is 0 Å². The van der Waals surface area contributed by atoms with Crippen molar-refractivity contribution in [3.05, 3.63) is 0 Å². The van der Waals surface area contributed by atoms with Crippen molar-refractivity contribution in [3.8, 4) is 0 Å². The maximum atomic E-state index is 11.6. The molecule has 1 N–H and O–H groups in total. The first-order valence-corrected chi connectivity index (χ1v) is 5.24. The molecule has 1 aliphatic heterocycles. The Hall–Kier alpha value is -0.610. The predicted octanol–water partition coefficient (Wildman–Crippen LogP) is -0.242. The molecule has 0 saturated carbocycles. The molecule has 0 bridgehead atoms. The molecule has 1 amide bonds. The third kappa shape index (κ3) is 2.96. The molecule has 1 rings (SSSR count). The number of nitrogens with one attached hydrogen (secondary N) is 1. The van der Waals surface area contributed by atoms with Crippen LogP contribution in [-0.2, 0) is 4.79 Å². The Kier molecular flexibility index (Phi) is 4.35. The van der Waals surface area contributed by atoms with Gasteiger partial charge in [-0.2, -0.15) is 0 Å². The molecule has 0 radical (unpaired) electrons. The molecule has 4 heteroatoms. The SMILES string of the molecule is CNCCC(=O)N1CCC(N(C)C)C1. The van der Waals surface area contributed by atoms with Gasteiger partial charge in [-0.15, -0.1) is 0 Å². The number of carbonyl (C=O) groups is 1. The summed E-state index contributed by atoms with van der Waals surface area (Å²) in [6, 6.07) is 0.550. The third-order valence-corrected chi connectivity index (χ3v) is 2.84. The Morgan fingerprint density at radius 2 is 2.29 bits per heavy atom. The first-order valence-electron chi connectivity index (χ1n) is 5.24. The standard InChI is InChI=1S/C10H21N3O/c1-11-6-4-10(14)13-7-5-9(8-13)12(2)3/h9,11H,4-8H2,1-3H3. The lowest BCUT2D eigenvalue weighted by atomic mass is 10.2. The molecule has 1 unspecified atom stereocenters. The second-order valence-electron chi connectivity index (χ2n) is 4.10.